The molecule has 0 aromatic heterocycles. The molecule has 2 aliphatic rings. The highest BCUT2D eigenvalue weighted by Gasteiger charge is 2.61. The molecule has 2 unspecified atom stereocenters. The molecule has 1 aliphatic heterocycles. The van der Waals surface area contributed by atoms with Crippen LogP contribution in [0.2, 0.25) is 5.02 Å². The van der Waals surface area contributed by atoms with Crippen LogP contribution in [0.5, 0.6) is 5.75 Å². The van der Waals surface area contributed by atoms with Gasteiger partial charge in [0.15, 0.2) is 6.23 Å². The van der Waals surface area contributed by atoms with E-state index in [2.05, 4.69) is 17.2 Å². The normalized spacial score (nSPS) is 21.2. The van der Waals surface area contributed by atoms with E-state index in [0.717, 1.165) is 12.8 Å². The quantitative estimate of drug-likeness (QED) is 0.459. The van der Waals surface area contributed by atoms with Crippen LogP contribution in [0.25, 0.3) is 0 Å². The summed E-state index contributed by atoms with van der Waals surface area (Å²) in [6.45, 7) is 8.00. The summed E-state index contributed by atoms with van der Waals surface area (Å²) in [6.07, 6.45) is -4.16. The van der Waals surface area contributed by atoms with E-state index in [1.807, 2.05) is 27.7 Å². The monoisotopic (exact) mass is 467 g/mol. The molecule has 2 aromatic carbocycles. The maximum atomic E-state index is 14.4. The molecule has 3 nitrogen and oxygen atoms in total. The van der Waals surface area contributed by atoms with Gasteiger partial charge in [-0.15, -0.1) is 0 Å². The van der Waals surface area contributed by atoms with Gasteiger partial charge in [-0.2, -0.15) is 13.2 Å². The Hall–Kier alpha value is -2.36. The van der Waals surface area contributed by atoms with Crippen molar-refractivity contribution in [2.24, 2.45) is 5.92 Å². The van der Waals surface area contributed by atoms with Crippen LogP contribution in [-0.2, 0) is 10.3 Å². The second-order valence-corrected chi connectivity index (χ2v) is 7.26. The van der Waals surface area contributed by atoms with Gasteiger partial charge < -0.3 is 14.8 Å². The van der Waals surface area contributed by atoms with Crippen molar-refractivity contribution >= 4 is 17.3 Å². The molecule has 0 spiro atoms. The molecule has 2 aromatic rings. The molecule has 4 rings (SSSR count). The minimum absolute atomic E-state index is 0.0141. The Morgan fingerprint density at radius 1 is 1.06 bits per heavy atom. The number of hydrogen-bond donors (Lipinski definition) is 1. The summed E-state index contributed by atoms with van der Waals surface area (Å²) in [7, 11) is 1.52. The Balaban J connectivity index is 0.000000860. The van der Waals surface area contributed by atoms with Crippen LogP contribution in [0.15, 0.2) is 42.5 Å². The van der Waals surface area contributed by atoms with Crippen LogP contribution in [-0.4, -0.2) is 13.3 Å². The van der Waals surface area contributed by atoms with Gasteiger partial charge in [-0.25, -0.2) is 0 Å². The lowest BCUT2D eigenvalue weighted by molar-refractivity contribution is -0.273. The van der Waals surface area contributed by atoms with E-state index in [9.17, 15) is 13.2 Å². The molecule has 1 N–H and O–H groups in total. The number of anilines is 1. The van der Waals surface area contributed by atoms with Crippen molar-refractivity contribution in [2.75, 3.05) is 12.4 Å². The number of fused-ring (bicyclic) bond motifs is 1. The molecule has 2 atom stereocenters. The molecular formula is C25H29ClF3NO2. The van der Waals surface area contributed by atoms with Crippen molar-refractivity contribution in [2.45, 2.75) is 58.5 Å². The molecular weight excluding hydrogens is 439 g/mol. The maximum absolute atomic E-state index is 14.4. The molecule has 0 radical (unpaired) electrons. The summed E-state index contributed by atoms with van der Waals surface area (Å²) in [4.78, 5) is 0. The van der Waals surface area contributed by atoms with E-state index in [1.54, 1.807) is 30.3 Å². The molecule has 0 saturated heterocycles. The summed E-state index contributed by atoms with van der Waals surface area (Å²) in [5.41, 5.74) is -2.06. The lowest BCUT2D eigenvalue weighted by atomic mass is 9.89. The molecule has 0 bridgehead atoms. The number of ether oxygens (including phenoxy) is 2. The van der Waals surface area contributed by atoms with Gasteiger partial charge in [-0.1, -0.05) is 63.3 Å². The standard InChI is InChI=1S/C21H17ClF3NO2.2C2H6/c1-27-16-7-4-14(5-8-16)19-26-18-9-6-15(22)12-17(18)20(28-19,21(23,24)25)11-10-13-2-3-13;2*1-2/h4-9,12-13,19,26H,2-3H2,1H3;2*1-2H3. The topological polar surface area (TPSA) is 30.5 Å². The Morgan fingerprint density at radius 3 is 2.22 bits per heavy atom. The fraction of sp³-hybridized carbons (Fsp3) is 0.440. The highest BCUT2D eigenvalue weighted by atomic mass is 35.5. The maximum Gasteiger partial charge on any atom is 0.433 e. The Labute approximate surface area is 193 Å². The predicted molar refractivity (Wildman–Crippen MR) is 123 cm³/mol. The fourth-order valence-electron chi connectivity index (χ4n) is 3.09. The zero-order valence-corrected chi connectivity index (χ0v) is 19.7. The third-order valence-electron chi connectivity index (χ3n) is 4.79. The van der Waals surface area contributed by atoms with E-state index in [4.69, 9.17) is 21.1 Å². The summed E-state index contributed by atoms with van der Waals surface area (Å²) in [5.74, 6) is 5.75. The van der Waals surface area contributed by atoms with Crippen molar-refractivity contribution in [3.05, 3.63) is 58.6 Å². The molecule has 32 heavy (non-hydrogen) atoms. The zero-order valence-electron chi connectivity index (χ0n) is 18.9. The molecule has 1 saturated carbocycles. The largest absolute Gasteiger partial charge is 0.497 e. The summed E-state index contributed by atoms with van der Waals surface area (Å²) < 4.78 is 53.9. The summed E-state index contributed by atoms with van der Waals surface area (Å²) >= 11 is 6.00. The first-order valence-corrected chi connectivity index (χ1v) is 11.2. The van der Waals surface area contributed by atoms with Crippen LogP contribution in [0, 0.1) is 17.8 Å². The van der Waals surface area contributed by atoms with Crippen LogP contribution in [0.3, 0.4) is 0 Å². The van der Waals surface area contributed by atoms with Gasteiger partial charge >= 0.3 is 6.18 Å². The van der Waals surface area contributed by atoms with Gasteiger partial charge in [-0.05, 0) is 43.2 Å². The van der Waals surface area contributed by atoms with E-state index < -0.39 is 18.0 Å². The van der Waals surface area contributed by atoms with Gasteiger partial charge in [0.1, 0.15) is 5.75 Å². The predicted octanol–water partition coefficient (Wildman–Crippen LogP) is 7.71. The third kappa shape index (κ3) is 5.51. The van der Waals surface area contributed by atoms with Crippen molar-refractivity contribution in [3.8, 4) is 17.6 Å². The highest BCUT2D eigenvalue weighted by Crippen LogP contribution is 2.51. The molecule has 0 amide bonds. The van der Waals surface area contributed by atoms with Gasteiger partial charge in [-0.3, -0.25) is 0 Å². The minimum atomic E-state index is -4.75. The Kier molecular flexibility index (Phi) is 8.89. The van der Waals surface area contributed by atoms with E-state index in [1.165, 1.54) is 19.2 Å². The molecule has 7 heteroatoms. The number of benzene rings is 2. The number of methoxy groups -OCH3 is 1. The Morgan fingerprint density at radius 2 is 1.69 bits per heavy atom. The summed E-state index contributed by atoms with van der Waals surface area (Å²) in [6, 6.07) is 11.0. The van der Waals surface area contributed by atoms with E-state index in [0.29, 0.717) is 17.0 Å². The number of nitrogens with one attached hydrogen (secondary N) is 1. The second kappa shape index (κ2) is 11.0. The number of hydrogen-bond acceptors (Lipinski definition) is 3. The SMILES string of the molecule is CC.CC.COc1ccc(C2Nc3ccc(Cl)cc3C(C#CC3CC3)(C(F)(F)F)O2)cc1. The van der Waals surface area contributed by atoms with Gasteiger partial charge in [0.2, 0.25) is 0 Å². The van der Waals surface area contributed by atoms with Gasteiger partial charge in [0, 0.05) is 27.8 Å². The third-order valence-corrected chi connectivity index (χ3v) is 5.02. The lowest BCUT2D eigenvalue weighted by Gasteiger charge is -2.41. The van der Waals surface area contributed by atoms with Crippen LogP contribution >= 0.6 is 11.6 Å². The molecule has 1 aliphatic carbocycles. The summed E-state index contributed by atoms with van der Waals surface area (Å²) in [5, 5.41) is 3.21. The number of halogens is 4. The van der Waals surface area contributed by atoms with Crippen molar-refractivity contribution in [1.29, 1.82) is 0 Å². The molecule has 1 heterocycles. The number of alkyl halides is 3. The number of rotatable bonds is 2. The van der Waals surface area contributed by atoms with E-state index >= 15 is 0 Å². The zero-order chi connectivity index (χ0) is 23.9. The lowest BCUT2D eigenvalue weighted by Crippen LogP contribution is -2.48. The molecule has 1 fully saturated rings. The highest BCUT2D eigenvalue weighted by molar-refractivity contribution is 6.30. The first kappa shape index (κ1) is 25.9. The van der Waals surface area contributed by atoms with Gasteiger partial charge in [0.05, 0.1) is 7.11 Å². The van der Waals surface area contributed by atoms with Crippen LogP contribution < -0.4 is 10.1 Å². The minimum Gasteiger partial charge on any atom is -0.497 e. The van der Waals surface area contributed by atoms with E-state index in [-0.39, 0.29) is 16.5 Å². The second-order valence-electron chi connectivity index (χ2n) is 6.83. The molecule has 174 valence electrons. The first-order valence-electron chi connectivity index (χ1n) is 10.8. The fourth-order valence-corrected chi connectivity index (χ4v) is 3.27. The Bertz CT molecular complexity index is 946. The van der Waals surface area contributed by atoms with Crippen molar-refractivity contribution in [1.82, 2.24) is 0 Å². The van der Waals surface area contributed by atoms with Crippen molar-refractivity contribution < 1.29 is 22.6 Å². The van der Waals surface area contributed by atoms with Crippen LogP contribution in [0.4, 0.5) is 18.9 Å². The van der Waals surface area contributed by atoms with Gasteiger partial charge in [0.25, 0.3) is 5.60 Å². The average molecular weight is 468 g/mol. The first-order chi connectivity index (χ1) is 15.3. The van der Waals surface area contributed by atoms with Crippen LogP contribution in [0.1, 0.15) is 57.9 Å². The average Bonchev–Trinajstić information content (AvgIpc) is 3.64. The van der Waals surface area contributed by atoms with Crippen molar-refractivity contribution in [3.63, 3.8) is 0 Å². The smallest absolute Gasteiger partial charge is 0.433 e.